The van der Waals surface area contributed by atoms with Crippen molar-refractivity contribution in [1.82, 2.24) is 4.90 Å². The summed E-state index contributed by atoms with van der Waals surface area (Å²) in [6, 6.07) is 6.15. The fraction of sp³-hybridized carbons (Fsp3) is 0.650. The molecule has 27 heavy (non-hydrogen) atoms. The second-order valence-corrected chi connectivity index (χ2v) is 9.87. The molecule has 1 amide bonds. The van der Waals surface area contributed by atoms with Crippen LogP contribution in [-0.4, -0.2) is 55.9 Å². The summed E-state index contributed by atoms with van der Waals surface area (Å²) in [4.78, 5) is 17.0. The third-order valence-corrected chi connectivity index (χ3v) is 7.49. The molecule has 1 heterocycles. The monoisotopic (exact) mass is 396 g/mol. The van der Waals surface area contributed by atoms with Crippen LogP contribution in [0.2, 0.25) is 0 Å². The minimum atomic E-state index is -3.06. The van der Waals surface area contributed by atoms with Gasteiger partial charge in [0.2, 0.25) is 5.91 Å². The van der Waals surface area contributed by atoms with E-state index in [1.54, 1.807) is 12.1 Å². The second kappa shape index (κ2) is 8.59. The first-order chi connectivity index (χ1) is 12.9. The van der Waals surface area contributed by atoms with Crippen LogP contribution in [-0.2, 0) is 14.6 Å². The van der Waals surface area contributed by atoms with Gasteiger partial charge in [0.1, 0.15) is 5.82 Å². The number of rotatable bonds is 6. The molecule has 2 fully saturated rings. The summed E-state index contributed by atoms with van der Waals surface area (Å²) < 4.78 is 37.6. The number of likely N-dealkylation sites (N-methyl/N-ethyl adjacent to an activating group) is 1. The van der Waals surface area contributed by atoms with Crippen molar-refractivity contribution >= 4 is 21.4 Å². The molecule has 0 aromatic heterocycles. The van der Waals surface area contributed by atoms with E-state index >= 15 is 0 Å². The molecular formula is C20H29FN2O3S. The predicted molar refractivity (Wildman–Crippen MR) is 105 cm³/mol. The molecule has 1 saturated heterocycles. The number of anilines is 1. The molecule has 1 aliphatic carbocycles. The fourth-order valence-electron chi connectivity index (χ4n) is 4.36. The third-order valence-electron chi connectivity index (χ3n) is 5.74. The molecule has 5 nitrogen and oxygen atoms in total. The quantitative estimate of drug-likeness (QED) is 0.742. The molecular weight excluding hydrogens is 367 g/mol. The largest absolute Gasteiger partial charge is 0.362 e. The number of carbonyl (C=O) groups is 1. The Kier molecular flexibility index (Phi) is 6.40. The zero-order chi connectivity index (χ0) is 19.4. The van der Waals surface area contributed by atoms with E-state index in [0.29, 0.717) is 18.7 Å². The summed E-state index contributed by atoms with van der Waals surface area (Å²) in [6.45, 7) is 2.66. The second-order valence-electron chi connectivity index (χ2n) is 7.64. The van der Waals surface area contributed by atoms with Gasteiger partial charge in [0.25, 0.3) is 0 Å². The molecule has 3 rings (SSSR count). The normalized spacial score (nSPS) is 22.5. The van der Waals surface area contributed by atoms with Gasteiger partial charge in [-0.3, -0.25) is 4.79 Å². The number of halogens is 1. The van der Waals surface area contributed by atoms with E-state index in [4.69, 9.17) is 0 Å². The van der Waals surface area contributed by atoms with Gasteiger partial charge in [0.05, 0.1) is 18.1 Å². The topological polar surface area (TPSA) is 57.7 Å². The lowest BCUT2D eigenvalue weighted by molar-refractivity contribution is -0.135. The van der Waals surface area contributed by atoms with Crippen LogP contribution in [0.1, 0.15) is 45.4 Å². The van der Waals surface area contributed by atoms with E-state index in [2.05, 4.69) is 0 Å². The van der Waals surface area contributed by atoms with Gasteiger partial charge in [0, 0.05) is 24.3 Å². The maximum atomic E-state index is 13.6. The number of carbonyl (C=O) groups excluding carboxylic acids is 1. The van der Waals surface area contributed by atoms with Gasteiger partial charge in [-0.1, -0.05) is 25.3 Å². The molecule has 7 heteroatoms. The van der Waals surface area contributed by atoms with Gasteiger partial charge in [-0.2, -0.15) is 0 Å². The number of benzene rings is 1. The number of sulfone groups is 1. The Morgan fingerprint density at radius 3 is 2.48 bits per heavy atom. The summed E-state index contributed by atoms with van der Waals surface area (Å²) >= 11 is 0. The molecule has 1 aromatic carbocycles. The van der Waals surface area contributed by atoms with Crippen molar-refractivity contribution in [2.45, 2.75) is 57.5 Å². The SMILES string of the molecule is CCN(CC(=O)N(C1CCCCC1)C1CCS(=O)(=O)C1)c1cccc(F)c1. The van der Waals surface area contributed by atoms with Gasteiger partial charge >= 0.3 is 0 Å². The van der Waals surface area contributed by atoms with Crippen molar-refractivity contribution in [3.05, 3.63) is 30.1 Å². The molecule has 2 aliphatic rings. The van der Waals surface area contributed by atoms with Gasteiger partial charge in [-0.25, -0.2) is 12.8 Å². The van der Waals surface area contributed by atoms with Gasteiger partial charge in [-0.15, -0.1) is 0 Å². The average Bonchev–Trinajstić information content (AvgIpc) is 3.00. The van der Waals surface area contributed by atoms with Crippen molar-refractivity contribution in [3.63, 3.8) is 0 Å². The predicted octanol–water partition coefficient (Wildman–Crippen LogP) is 3.00. The molecule has 0 N–H and O–H groups in total. The molecule has 1 unspecified atom stereocenters. The average molecular weight is 397 g/mol. The standard InChI is InChI=1S/C20H29FN2O3S/c1-2-22(18-10-6-7-16(21)13-18)14-20(24)23(17-8-4-3-5-9-17)19-11-12-27(25,26)15-19/h6-7,10,13,17,19H,2-5,8-9,11-12,14-15H2,1H3. The lowest BCUT2D eigenvalue weighted by Crippen LogP contribution is -2.52. The van der Waals surface area contributed by atoms with Gasteiger partial charge in [0.15, 0.2) is 9.84 Å². The molecule has 1 saturated carbocycles. The number of hydrogen-bond acceptors (Lipinski definition) is 4. The van der Waals surface area contributed by atoms with Crippen LogP contribution in [0, 0.1) is 5.82 Å². The number of amides is 1. The van der Waals surface area contributed by atoms with Crippen molar-refractivity contribution in [2.24, 2.45) is 0 Å². The summed E-state index contributed by atoms with van der Waals surface area (Å²) in [7, 11) is -3.06. The maximum absolute atomic E-state index is 13.6. The molecule has 1 aromatic rings. The summed E-state index contributed by atoms with van der Waals surface area (Å²) in [6.07, 6.45) is 5.73. The highest BCUT2D eigenvalue weighted by Gasteiger charge is 2.38. The van der Waals surface area contributed by atoms with Crippen molar-refractivity contribution in [1.29, 1.82) is 0 Å². The highest BCUT2D eigenvalue weighted by Crippen LogP contribution is 2.29. The van der Waals surface area contributed by atoms with Crippen molar-refractivity contribution in [3.8, 4) is 0 Å². The Labute approximate surface area is 161 Å². The summed E-state index contributed by atoms with van der Waals surface area (Å²) in [5.74, 6) is -0.142. The van der Waals surface area contributed by atoms with Crippen LogP contribution >= 0.6 is 0 Å². The molecule has 150 valence electrons. The Balaban J connectivity index is 1.79. The smallest absolute Gasteiger partial charge is 0.242 e. The van der Waals surface area contributed by atoms with E-state index in [1.807, 2.05) is 16.7 Å². The Hall–Kier alpha value is -1.63. The van der Waals surface area contributed by atoms with E-state index in [9.17, 15) is 17.6 Å². The number of hydrogen-bond donors (Lipinski definition) is 0. The van der Waals surface area contributed by atoms with Crippen LogP contribution in [0.25, 0.3) is 0 Å². The van der Waals surface area contributed by atoms with Crippen LogP contribution in [0.15, 0.2) is 24.3 Å². The van der Waals surface area contributed by atoms with Crippen LogP contribution in [0.5, 0.6) is 0 Å². The van der Waals surface area contributed by atoms with E-state index in [0.717, 1.165) is 25.7 Å². The van der Waals surface area contributed by atoms with Crippen LogP contribution < -0.4 is 4.90 Å². The molecule has 1 atom stereocenters. The van der Waals surface area contributed by atoms with Crippen molar-refractivity contribution in [2.75, 3.05) is 29.5 Å². The van der Waals surface area contributed by atoms with E-state index < -0.39 is 9.84 Å². The molecule has 1 aliphatic heterocycles. The zero-order valence-corrected chi connectivity index (χ0v) is 16.8. The molecule has 0 radical (unpaired) electrons. The molecule has 0 spiro atoms. The fourth-order valence-corrected chi connectivity index (χ4v) is 6.07. The number of nitrogens with zero attached hydrogens (tertiary/aromatic N) is 2. The first-order valence-electron chi connectivity index (χ1n) is 9.91. The first-order valence-corrected chi connectivity index (χ1v) is 11.7. The van der Waals surface area contributed by atoms with Crippen LogP contribution in [0.4, 0.5) is 10.1 Å². The first kappa shape index (κ1) is 20.1. The Morgan fingerprint density at radius 2 is 1.89 bits per heavy atom. The maximum Gasteiger partial charge on any atom is 0.242 e. The van der Waals surface area contributed by atoms with Gasteiger partial charge in [-0.05, 0) is 44.4 Å². The highest BCUT2D eigenvalue weighted by molar-refractivity contribution is 7.91. The Morgan fingerprint density at radius 1 is 1.15 bits per heavy atom. The van der Waals surface area contributed by atoms with Gasteiger partial charge < -0.3 is 9.80 Å². The lowest BCUT2D eigenvalue weighted by atomic mass is 9.92. The minimum absolute atomic E-state index is 0.0462. The Bertz CT molecular complexity index is 762. The van der Waals surface area contributed by atoms with Crippen LogP contribution in [0.3, 0.4) is 0 Å². The zero-order valence-electron chi connectivity index (χ0n) is 15.9. The minimum Gasteiger partial charge on any atom is -0.362 e. The van der Waals surface area contributed by atoms with E-state index in [1.165, 1.54) is 18.6 Å². The summed E-state index contributed by atoms with van der Waals surface area (Å²) in [5, 5.41) is 0. The highest BCUT2D eigenvalue weighted by atomic mass is 32.2. The lowest BCUT2D eigenvalue weighted by Gasteiger charge is -2.39. The van der Waals surface area contributed by atoms with Crippen molar-refractivity contribution < 1.29 is 17.6 Å². The third kappa shape index (κ3) is 5.00. The summed E-state index contributed by atoms with van der Waals surface area (Å²) in [5.41, 5.74) is 0.675. The van der Waals surface area contributed by atoms with E-state index in [-0.39, 0.29) is 41.9 Å². The molecule has 0 bridgehead atoms.